The van der Waals surface area contributed by atoms with E-state index in [-0.39, 0.29) is 18.4 Å². The monoisotopic (exact) mass is 359 g/mol. The standard InChI is InChI=1S/C15H21N3OS2.ClH/c1-10-4-5-11(2)12(8-10)9-21-15-18-17-14(19-15)13(16)6-7-20-3;/h4-5,8,13H,6-7,9,16H2,1-3H3;1H/t13-;/m0./s1. The summed E-state index contributed by atoms with van der Waals surface area (Å²) >= 11 is 3.32. The van der Waals surface area contributed by atoms with Crippen molar-refractivity contribution in [1.29, 1.82) is 0 Å². The van der Waals surface area contributed by atoms with Gasteiger partial charge in [0.15, 0.2) is 0 Å². The van der Waals surface area contributed by atoms with Crippen molar-refractivity contribution in [2.45, 2.75) is 37.3 Å². The Labute approximate surface area is 146 Å². The summed E-state index contributed by atoms with van der Waals surface area (Å²) in [5.41, 5.74) is 9.87. The zero-order valence-electron chi connectivity index (χ0n) is 13.0. The van der Waals surface area contributed by atoms with Crippen LogP contribution in [0.3, 0.4) is 0 Å². The first-order valence-corrected chi connectivity index (χ1v) is 9.25. The van der Waals surface area contributed by atoms with E-state index in [0.717, 1.165) is 17.9 Å². The number of nitrogens with two attached hydrogens (primary N) is 1. The minimum atomic E-state index is -0.167. The molecule has 122 valence electrons. The number of rotatable bonds is 7. The van der Waals surface area contributed by atoms with Crippen LogP contribution in [0.1, 0.15) is 35.0 Å². The molecule has 0 spiro atoms. The fourth-order valence-electron chi connectivity index (χ4n) is 1.89. The molecule has 1 heterocycles. The largest absolute Gasteiger partial charge is 0.414 e. The second kappa shape index (κ2) is 9.45. The molecule has 0 bridgehead atoms. The normalized spacial score (nSPS) is 12.0. The number of hydrogen-bond acceptors (Lipinski definition) is 6. The van der Waals surface area contributed by atoms with Crippen molar-refractivity contribution in [3.05, 3.63) is 40.8 Å². The predicted molar refractivity (Wildman–Crippen MR) is 97.0 cm³/mol. The molecule has 1 aromatic carbocycles. The van der Waals surface area contributed by atoms with E-state index in [4.69, 9.17) is 10.2 Å². The van der Waals surface area contributed by atoms with Crippen molar-refractivity contribution in [3.63, 3.8) is 0 Å². The maximum absolute atomic E-state index is 6.03. The summed E-state index contributed by atoms with van der Waals surface area (Å²) in [6.07, 6.45) is 2.91. The molecule has 0 aliphatic carbocycles. The number of aryl methyl sites for hydroxylation is 2. The molecule has 4 nitrogen and oxygen atoms in total. The van der Waals surface area contributed by atoms with Crippen molar-refractivity contribution in [1.82, 2.24) is 10.2 Å². The lowest BCUT2D eigenvalue weighted by Crippen LogP contribution is -2.11. The minimum Gasteiger partial charge on any atom is -0.414 e. The van der Waals surface area contributed by atoms with Gasteiger partial charge >= 0.3 is 0 Å². The molecule has 0 radical (unpaired) electrons. The average Bonchev–Trinajstić information content (AvgIpc) is 2.94. The number of aromatic nitrogens is 2. The van der Waals surface area contributed by atoms with Gasteiger partial charge in [-0.05, 0) is 43.4 Å². The number of hydrogen-bond donors (Lipinski definition) is 1. The van der Waals surface area contributed by atoms with E-state index >= 15 is 0 Å². The number of halogens is 1. The Bertz CT molecular complexity index is 592. The lowest BCUT2D eigenvalue weighted by atomic mass is 10.1. The van der Waals surface area contributed by atoms with E-state index in [1.54, 1.807) is 23.5 Å². The highest BCUT2D eigenvalue weighted by atomic mass is 35.5. The first kappa shape index (κ1) is 19.4. The van der Waals surface area contributed by atoms with Crippen LogP contribution < -0.4 is 5.73 Å². The maximum atomic E-state index is 6.03. The third kappa shape index (κ3) is 5.50. The van der Waals surface area contributed by atoms with E-state index in [1.165, 1.54) is 16.7 Å². The zero-order valence-corrected chi connectivity index (χ0v) is 15.5. The summed E-state index contributed by atoms with van der Waals surface area (Å²) in [7, 11) is 0. The molecule has 0 aliphatic heterocycles. The molecule has 1 atom stereocenters. The third-order valence-electron chi connectivity index (χ3n) is 3.23. The fourth-order valence-corrected chi connectivity index (χ4v) is 3.21. The molecule has 2 N–H and O–H groups in total. The van der Waals surface area contributed by atoms with Crippen molar-refractivity contribution in [3.8, 4) is 0 Å². The molecule has 0 saturated heterocycles. The van der Waals surface area contributed by atoms with Crippen LogP contribution in [-0.2, 0) is 5.75 Å². The van der Waals surface area contributed by atoms with Crippen LogP contribution in [0.2, 0.25) is 0 Å². The van der Waals surface area contributed by atoms with Gasteiger partial charge in [0.2, 0.25) is 5.89 Å². The van der Waals surface area contributed by atoms with Crippen LogP contribution in [-0.4, -0.2) is 22.2 Å². The minimum absolute atomic E-state index is 0. The summed E-state index contributed by atoms with van der Waals surface area (Å²) in [6.45, 7) is 4.22. The summed E-state index contributed by atoms with van der Waals surface area (Å²) in [4.78, 5) is 0. The highest BCUT2D eigenvalue weighted by Crippen LogP contribution is 2.25. The third-order valence-corrected chi connectivity index (χ3v) is 4.74. The van der Waals surface area contributed by atoms with E-state index < -0.39 is 0 Å². The molecular weight excluding hydrogens is 338 g/mol. The predicted octanol–water partition coefficient (Wildman–Crippen LogP) is 4.15. The van der Waals surface area contributed by atoms with Gasteiger partial charge in [-0.25, -0.2) is 0 Å². The Morgan fingerprint density at radius 2 is 2.05 bits per heavy atom. The van der Waals surface area contributed by atoms with Gasteiger partial charge in [0.25, 0.3) is 5.22 Å². The van der Waals surface area contributed by atoms with Gasteiger partial charge in [0, 0.05) is 5.75 Å². The molecule has 0 fully saturated rings. The fraction of sp³-hybridized carbons (Fsp3) is 0.467. The maximum Gasteiger partial charge on any atom is 0.276 e. The Kier molecular flexibility index (Phi) is 8.31. The van der Waals surface area contributed by atoms with E-state index in [9.17, 15) is 0 Å². The number of thioether (sulfide) groups is 2. The highest BCUT2D eigenvalue weighted by Gasteiger charge is 2.14. The molecule has 2 aromatic rings. The van der Waals surface area contributed by atoms with Crippen molar-refractivity contribution >= 4 is 35.9 Å². The number of nitrogens with zero attached hydrogens (tertiary/aromatic N) is 2. The first-order chi connectivity index (χ1) is 10.1. The van der Waals surface area contributed by atoms with E-state index in [0.29, 0.717) is 11.1 Å². The first-order valence-electron chi connectivity index (χ1n) is 6.87. The second-order valence-electron chi connectivity index (χ2n) is 5.01. The molecule has 7 heteroatoms. The Hall–Kier alpha value is -0.690. The van der Waals surface area contributed by atoms with Crippen molar-refractivity contribution < 1.29 is 4.42 Å². The Balaban J connectivity index is 0.00000242. The lowest BCUT2D eigenvalue weighted by Gasteiger charge is -2.05. The van der Waals surface area contributed by atoms with Crippen LogP contribution in [0.15, 0.2) is 27.8 Å². The molecule has 0 amide bonds. The van der Waals surface area contributed by atoms with Gasteiger partial charge in [-0.15, -0.1) is 22.6 Å². The van der Waals surface area contributed by atoms with Crippen LogP contribution in [0, 0.1) is 13.8 Å². The molecular formula is C15H22ClN3OS2. The Morgan fingerprint density at radius 3 is 2.77 bits per heavy atom. The van der Waals surface area contributed by atoms with Crippen LogP contribution in [0.5, 0.6) is 0 Å². The summed E-state index contributed by atoms with van der Waals surface area (Å²) in [5, 5.41) is 8.71. The molecule has 2 rings (SSSR count). The summed E-state index contributed by atoms with van der Waals surface area (Å²) < 4.78 is 5.64. The van der Waals surface area contributed by atoms with Crippen LogP contribution in [0.4, 0.5) is 0 Å². The van der Waals surface area contributed by atoms with Gasteiger partial charge in [0.05, 0.1) is 6.04 Å². The topological polar surface area (TPSA) is 64.9 Å². The van der Waals surface area contributed by atoms with Crippen molar-refractivity contribution in [2.24, 2.45) is 5.73 Å². The molecule has 1 aromatic heterocycles. The summed E-state index contributed by atoms with van der Waals surface area (Å²) in [5.74, 6) is 2.36. The smallest absolute Gasteiger partial charge is 0.276 e. The molecule has 0 aliphatic rings. The molecule has 22 heavy (non-hydrogen) atoms. The van der Waals surface area contributed by atoms with Gasteiger partial charge < -0.3 is 10.2 Å². The van der Waals surface area contributed by atoms with Crippen LogP contribution >= 0.6 is 35.9 Å². The molecule has 0 unspecified atom stereocenters. The zero-order chi connectivity index (χ0) is 15.2. The second-order valence-corrected chi connectivity index (χ2v) is 6.92. The Morgan fingerprint density at radius 1 is 1.27 bits per heavy atom. The van der Waals surface area contributed by atoms with Gasteiger partial charge in [0.1, 0.15) is 0 Å². The van der Waals surface area contributed by atoms with E-state index in [2.05, 4.69) is 48.5 Å². The number of benzene rings is 1. The van der Waals surface area contributed by atoms with Gasteiger partial charge in [-0.2, -0.15) is 11.8 Å². The average molecular weight is 360 g/mol. The highest BCUT2D eigenvalue weighted by molar-refractivity contribution is 7.98. The van der Waals surface area contributed by atoms with Crippen molar-refractivity contribution in [2.75, 3.05) is 12.0 Å². The quantitative estimate of drug-likeness (QED) is 0.749. The summed E-state index contributed by atoms with van der Waals surface area (Å²) in [6, 6.07) is 6.30. The SMILES string of the molecule is CSCC[C@H](N)c1nnc(SCc2cc(C)ccc2C)o1.Cl. The van der Waals surface area contributed by atoms with Gasteiger partial charge in [-0.1, -0.05) is 35.5 Å². The lowest BCUT2D eigenvalue weighted by molar-refractivity contribution is 0.383. The molecule has 0 saturated carbocycles. The van der Waals surface area contributed by atoms with E-state index in [1.807, 2.05) is 0 Å². The van der Waals surface area contributed by atoms with Crippen LogP contribution in [0.25, 0.3) is 0 Å². The van der Waals surface area contributed by atoms with Gasteiger partial charge in [-0.3, -0.25) is 0 Å².